The minimum absolute atomic E-state index is 0.778. The van der Waals surface area contributed by atoms with Crippen LogP contribution in [0.3, 0.4) is 0 Å². The summed E-state index contributed by atoms with van der Waals surface area (Å²) in [6, 6.07) is 9.72. The van der Waals surface area contributed by atoms with E-state index in [1.54, 1.807) is 18.9 Å². The molecule has 0 spiro atoms. The first-order valence-corrected chi connectivity index (χ1v) is 6.19. The van der Waals surface area contributed by atoms with Crippen molar-refractivity contribution in [2.24, 2.45) is 0 Å². The Morgan fingerprint density at radius 3 is 2.81 bits per heavy atom. The van der Waals surface area contributed by atoms with Gasteiger partial charge in [0.2, 0.25) is 0 Å². The molecule has 1 heterocycles. The molecule has 0 amide bonds. The minimum Gasteiger partial charge on any atom is -0.496 e. The highest BCUT2D eigenvalue weighted by Crippen LogP contribution is 2.33. The molecule has 0 aliphatic heterocycles. The zero-order valence-electron chi connectivity index (χ0n) is 8.55. The van der Waals surface area contributed by atoms with E-state index in [9.17, 15) is 0 Å². The molecule has 1 aromatic heterocycles. The molecule has 3 nitrogen and oxygen atoms in total. The maximum atomic E-state index is 5.27. The van der Waals surface area contributed by atoms with Crippen LogP contribution in [-0.4, -0.2) is 17.1 Å². The first kappa shape index (κ1) is 11.4. The summed E-state index contributed by atoms with van der Waals surface area (Å²) in [5.74, 6) is 0.849. The molecule has 0 aliphatic carbocycles. The highest BCUT2D eigenvalue weighted by Gasteiger charge is 2.05. The topological polar surface area (TPSA) is 35.0 Å². The SMILES string of the molecule is COc1ccccc1Sc1cc(Br)ncn1. The van der Waals surface area contributed by atoms with Crippen molar-refractivity contribution in [1.29, 1.82) is 0 Å². The predicted molar refractivity (Wildman–Crippen MR) is 66.8 cm³/mol. The summed E-state index contributed by atoms with van der Waals surface area (Å²) in [5, 5.41) is 0.881. The Bertz CT molecular complexity index is 493. The summed E-state index contributed by atoms with van der Waals surface area (Å²) in [6.07, 6.45) is 1.53. The monoisotopic (exact) mass is 296 g/mol. The Labute approximate surface area is 106 Å². The second-order valence-corrected chi connectivity index (χ2v) is 4.81. The molecule has 5 heteroatoms. The van der Waals surface area contributed by atoms with E-state index in [-0.39, 0.29) is 0 Å². The smallest absolute Gasteiger partial charge is 0.132 e. The first-order valence-electron chi connectivity index (χ1n) is 4.58. The van der Waals surface area contributed by atoms with Crippen molar-refractivity contribution in [2.45, 2.75) is 9.92 Å². The maximum Gasteiger partial charge on any atom is 0.132 e. The van der Waals surface area contributed by atoms with Gasteiger partial charge in [0.15, 0.2) is 0 Å². The van der Waals surface area contributed by atoms with Crippen molar-refractivity contribution in [3.8, 4) is 5.75 Å². The lowest BCUT2D eigenvalue weighted by Gasteiger charge is -2.06. The number of nitrogens with zero attached hydrogens (tertiary/aromatic N) is 2. The fraction of sp³-hybridized carbons (Fsp3) is 0.0909. The average Bonchev–Trinajstić information content (AvgIpc) is 2.30. The van der Waals surface area contributed by atoms with Crippen molar-refractivity contribution < 1.29 is 4.74 Å². The fourth-order valence-electron chi connectivity index (χ4n) is 1.19. The van der Waals surface area contributed by atoms with Gasteiger partial charge in [-0.25, -0.2) is 9.97 Å². The summed E-state index contributed by atoms with van der Waals surface area (Å²) in [4.78, 5) is 9.20. The zero-order chi connectivity index (χ0) is 11.4. The highest BCUT2D eigenvalue weighted by atomic mass is 79.9. The third-order valence-electron chi connectivity index (χ3n) is 1.89. The van der Waals surface area contributed by atoms with Gasteiger partial charge >= 0.3 is 0 Å². The summed E-state index contributed by atoms with van der Waals surface area (Å²) >= 11 is 4.86. The Hall–Kier alpha value is -1.07. The molecule has 16 heavy (non-hydrogen) atoms. The van der Waals surface area contributed by atoms with Gasteiger partial charge in [0.1, 0.15) is 21.7 Å². The summed E-state index contributed by atoms with van der Waals surface area (Å²) < 4.78 is 6.05. The molecule has 2 rings (SSSR count). The Kier molecular flexibility index (Phi) is 3.79. The van der Waals surface area contributed by atoms with E-state index in [2.05, 4.69) is 25.9 Å². The van der Waals surface area contributed by atoms with Gasteiger partial charge < -0.3 is 4.74 Å². The van der Waals surface area contributed by atoms with Gasteiger partial charge in [-0.3, -0.25) is 0 Å². The summed E-state index contributed by atoms with van der Waals surface area (Å²) in [6.45, 7) is 0. The molecule has 0 fully saturated rings. The molecule has 0 unspecified atom stereocenters. The molecule has 0 saturated carbocycles. The molecule has 0 bridgehead atoms. The van der Waals surface area contributed by atoms with Crippen LogP contribution < -0.4 is 4.74 Å². The molecule has 0 radical (unpaired) electrons. The van der Waals surface area contributed by atoms with Crippen molar-refractivity contribution in [1.82, 2.24) is 9.97 Å². The lowest BCUT2D eigenvalue weighted by atomic mass is 10.3. The largest absolute Gasteiger partial charge is 0.496 e. The Balaban J connectivity index is 2.26. The van der Waals surface area contributed by atoms with Crippen molar-refractivity contribution in [3.63, 3.8) is 0 Å². The molecular formula is C11H9BrN2OS. The van der Waals surface area contributed by atoms with Gasteiger partial charge in [0, 0.05) is 6.07 Å². The summed E-state index contributed by atoms with van der Waals surface area (Å²) in [7, 11) is 1.66. The van der Waals surface area contributed by atoms with Gasteiger partial charge in [0.25, 0.3) is 0 Å². The van der Waals surface area contributed by atoms with E-state index in [4.69, 9.17) is 4.74 Å². The standard InChI is InChI=1S/C11H9BrN2OS/c1-15-8-4-2-3-5-9(8)16-11-6-10(12)13-7-14-11/h2-7H,1H3. The predicted octanol–water partition coefficient (Wildman–Crippen LogP) is 3.40. The van der Waals surface area contributed by atoms with Gasteiger partial charge in [-0.15, -0.1) is 0 Å². The van der Waals surface area contributed by atoms with Crippen LogP contribution in [0.4, 0.5) is 0 Å². The van der Waals surface area contributed by atoms with Gasteiger partial charge in [-0.1, -0.05) is 23.9 Å². The zero-order valence-corrected chi connectivity index (χ0v) is 11.0. The van der Waals surface area contributed by atoms with Crippen LogP contribution in [0.1, 0.15) is 0 Å². The Morgan fingerprint density at radius 1 is 1.25 bits per heavy atom. The quantitative estimate of drug-likeness (QED) is 0.813. The van der Waals surface area contributed by atoms with Crippen LogP contribution in [0, 0.1) is 0 Å². The van der Waals surface area contributed by atoms with E-state index >= 15 is 0 Å². The van der Waals surface area contributed by atoms with E-state index in [1.807, 2.05) is 30.3 Å². The number of hydrogen-bond acceptors (Lipinski definition) is 4. The van der Waals surface area contributed by atoms with Crippen molar-refractivity contribution in [3.05, 3.63) is 41.3 Å². The second-order valence-electron chi connectivity index (χ2n) is 2.93. The molecule has 1 aromatic carbocycles. The average molecular weight is 297 g/mol. The Morgan fingerprint density at radius 2 is 2.06 bits per heavy atom. The van der Waals surface area contributed by atoms with Gasteiger partial charge in [0.05, 0.1) is 12.0 Å². The number of methoxy groups -OCH3 is 1. The van der Waals surface area contributed by atoms with Crippen molar-refractivity contribution >= 4 is 27.7 Å². The van der Waals surface area contributed by atoms with E-state index in [0.717, 1.165) is 20.3 Å². The summed E-state index contributed by atoms with van der Waals surface area (Å²) in [5.41, 5.74) is 0. The van der Waals surface area contributed by atoms with Crippen molar-refractivity contribution in [2.75, 3.05) is 7.11 Å². The van der Waals surface area contributed by atoms with E-state index in [1.165, 1.54) is 6.33 Å². The first-order chi connectivity index (χ1) is 7.79. The number of aromatic nitrogens is 2. The molecular weight excluding hydrogens is 288 g/mol. The second kappa shape index (κ2) is 5.32. The molecule has 82 valence electrons. The lowest BCUT2D eigenvalue weighted by Crippen LogP contribution is -1.87. The molecule has 0 N–H and O–H groups in total. The van der Waals surface area contributed by atoms with Crippen LogP contribution in [0.2, 0.25) is 0 Å². The highest BCUT2D eigenvalue weighted by molar-refractivity contribution is 9.10. The van der Waals surface area contributed by atoms with Gasteiger partial charge in [-0.05, 0) is 28.1 Å². The third kappa shape index (κ3) is 2.74. The number of rotatable bonds is 3. The normalized spacial score (nSPS) is 10.1. The molecule has 0 aliphatic rings. The fourth-order valence-corrected chi connectivity index (χ4v) is 2.54. The minimum atomic E-state index is 0.778. The van der Waals surface area contributed by atoms with Gasteiger partial charge in [-0.2, -0.15) is 0 Å². The van der Waals surface area contributed by atoms with Crippen LogP contribution >= 0.6 is 27.7 Å². The van der Waals surface area contributed by atoms with Crippen LogP contribution in [0.15, 0.2) is 51.2 Å². The lowest BCUT2D eigenvalue weighted by molar-refractivity contribution is 0.405. The number of hydrogen-bond donors (Lipinski definition) is 0. The van der Waals surface area contributed by atoms with E-state index < -0.39 is 0 Å². The third-order valence-corrected chi connectivity index (χ3v) is 3.32. The number of para-hydroxylation sites is 1. The van der Waals surface area contributed by atoms with Crippen LogP contribution in [0.5, 0.6) is 5.75 Å². The molecule has 0 atom stereocenters. The van der Waals surface area contributed by atoms with E-state index in [0.29, 0.717) is 0 Å². The number of halogens is 1. The maximum absolute atomic E-state index is 5.27. The van der Waals surface area contributed by atoms with Crippen LogP contribution in [0.25, 0.3) is 0 Å². The number of benzene rings is 1. The van der Waals surface area contributed by atoms with Crippen LogP contribution in [-0.2, 0) is 0 Å². The number of ether oxygens (including phenoxy) is 1. The molecule has 0 saturated heterocycles. The molecule has 2 aromatic rings.